The molecule has 1 aliphatic heterocycles. The van der Waals surface area contributed by atoms with E-state index in [9.17, 15) is 14.4 Å². The molecule has 1 heterocycles. The van der Waals surface area contributed by atoms with Gasteiger partial charge in [-0.3, -0.25) is 14.5 Å². The van der Waals surface area contributed by atoms with Crippen LogP contribution in [0.2, 0.25) is 0 Å². The maximum absolute atomic E-state index is 12.8. The molecule has 1 saturated heterocycles. The summed E-state index contributed by atoms with van der Waals surface area (Å²) in [6, 6.07) is 6.92. The van der Waals surface area contributed by atoms with Crippen molar-refractivity contribution in [1.82, 2.24) is 4.90 Å². The summed E-state index contributed by atoms with van der Waals surface area (Å²) >= 11 is 0. The third-order valence-corrected chi connectivity index (χ3v) is 6.73. The Kier molecular flexibility index (Phi) is 4.87. The number of anilines is 2. The highest BCUT2D eigenvalue weighted by Crippen LogP contribution is 2.58. The Balaban J connectivity index is 1.45. The lowest BCUT2D eigenvalue weighted by molar-refractivity contribution is -0.181. The first-order chi connectivity index (χ1) is 13.5. The molecule has 150 valence electrons. The molecule has 2 saturated carbocycles. The molecule has 1 N–H and O–H groups in total. The standard InChI is InChI=1S/C21H27N3O4/c1-23(16-13-17(28-2)21(16)10-5-11-21)20(27)22-14-6-3-7-15(12-14)24-18(25)8-4-9-19(24)26/h3,6-7,12,16-17H,4-5,8-11,13H2,1-2H3,(H,22,27). The fraction of sp³-hybridized carbons (Fsp3) is 0.571. The number of rotatable bonds is 4. The van der Waals surface area contributed by atoms with E-state index in [2.05, 4.69) is 5.32 Å². The minimum Gasteiger partial charge on any atom is -0.381 e. The summed E-state index contributed by atoms with van der Waals surface area (Å²) in [4.78, 5) is 40.1. The van der Waals surface area contributed by atoms with Gasteiger partial charge in [0.1, 0.15) is 0 Å². The zero-order chi connectivity index (χ0) is 19.9. The number of amides is 4. The third kappa shape index (κ3) is 2.98. The van der Waals surface area contributed by atoms with Crippen LogP contribution in [0.5, 0.6) is 0 Å². The molecule has 3 fully saturated rings. The lowest BCUT2D eigenvalue weighted by atomic mass is 9.50. The van der Waals surface area contributed by atoms with E-state index in [-0.39, 0.29) is 35.4 Å². The number of hydrogen-bond donors (Lipinski definition) is 1. The molecule has 7 heteroatoms. The van der Waals surface area contributed by atoms with Crippen LogP contribution in [0.1, 0.15) is 44.9 Å². The van der Waals surface area contributed by atoms with Gasteiger partial charge in [0.05, 0.1) is 11.8 Å². The van der Waals surface area contributed by atoms with Crippen LogP contribution in [0.3, 0.4) is 0 Å². The van der Waals surface area contributed by atoms with Crippen molar-refractivity contribution in [3.05, 3.63) is 24.3 Å². The monoisotopic (exact) mass is 385 g/mol. The molecule has 0 bridgehead atoms. The van der Waals surface area contributed by atoms with Crippen LogP contribution < -0.4 is 10.2 Å². The van der Waals surface area contributed by atoms with E-state index in [1.165, 1.54) is 11.3 Å². The number of imide groups is 1. The van der Waals surface area contributed by atoms with Gasteiger partial charge in [-0.2, -0.15) is 0 Å². The molecule has 2 atom stereocenters. The lowest BCUT2D eigenvalue weighted by Crippen LogP contribution is -2.67. The van der Waals surface area contributed by atoms with Crippen molar-refractivity contribution in [3.63, 3.8) is 0 Å². The van der Waals surface area contributed by atoms with Gasteiger partial charge in [-0.05, 0) is 43.9 Å². The zero-order valence-corrected chi connectivity index (χ0v) is 16.4. The van der Waals surface area contributed by atoms with Gasteiger partial charge in [-0.25, -0.2) is 4.79 Å². The van der Waals surface area contributed by atoms with E-state index in [0.717, 1.165) is 19.3 Å². The zero-order valence-electron chi connectivity index (χ0n) is 16.4. The number of hydrogen-bond acceptors (Lipinski definition) is 4. The van der Waals surface area contributed by atoms with Crippen molar-refractivity contribution >= 4 is 29.2 Å². The van der Waals surface area contributed by atoms with Gasteiger partial charge < -0.3 is 15.0 Å². The van der Waals surface area contributed by atoms with E-state index in [4.69, 9.17) is 4.74 Å². The highest BCUT2D eigenvalue weighted by Gasteiger charge is 2.60. The normalized spacial score (nSPS) is 25.9. The molecule has 28 heavy (non-hydrogen) atoms. The Morgan fingerprint density at radius 3 is 2.54 bits per heavy atom. The number of piperidine rings is 1. The molecule has 2 unspecified atom stereocenters. The number of nitrogens with zero attached hydrogens (tertiary/aromatic N) is 2. The molecule has 1 aromatic carbocycles. The van der Waals surface area contributed by atoms with Crippen LogP contribution in [-0.2, 0) is 14.3 Å². The van der Waals surface area contributed by atoms with Crippen LogP contribution in [0, 0.1) is 5.41 Å². The van der Waals surface area contributed by atoms with Crippen molar-refractivity contribution in [2.45, 2.75) is 57.1 Å². The van der Waals surface area contributed by atoms with Gasteiger partial charge in [0, 0.05) is 44.1 Å². The fourth-order valence-electron chi connectivity index (χ4n) is 4.96. The van der Waals surface area contributed by atoms with Crippen LogP contribution in [0.4, 0.5) is 16.2 Å². The second-order valence-corrected chi connectivity index (χ2v) is 8.13. The number of methoxy groups -OCH3 is 1. The van der Waals surface area contributed by atoms with E-state index in [1.807, 2.05) is 7.05 Å². The molecule has 4 rings (SSSR count). The first kappa shape index (κ1) is 18.9. The first-order valence-electron chi connectivity index (χ1n) is 9.99. The molecule has 2 aliphatic carbocycles. The Morgan fingerprint density at radius 2 is 1.93 bits per heavy atom. The molecule has 3 aliphatic rings. The van der Waals surface area contributed by atoms with Crippen LogP contribution in [-0.4, -0.2) is 49.0 Å². The summed E-state index contributed by atoms with van der Waals surface area (Å²) in [5.74, 6) is -0.382. The molecular weight excluding hydrogens is 358 g/mol. The van der Waals surface area contributed by atoms with Gasteiger partial charge in [0.25, 0.3) is 0 Å². The number of urea groups is 1. The van der Waals surface area contributed by atoms with Gasteiger partial charge >= 0.3 is 6.03 Å². The number of carbonyl (C=O) groups excluding carboxylic acids is 3. The van der Waals surface area contributed by atoms with Crippen LogP contribution in [0.25, 0.3) is 0 Å². The van der Waals surface area contributed by atoms with E-state index >= 15 is 0 Å². The van der Waals surface area contributed by atoms with Crippen molar-refractivity contribution in [3.8, 4) is 0 Å². The second kappa shape index (κ2) is 7.20. The van der Waals surface area contributed by atoms with Gasteiger partial charge in [-0.1, -0.05) is 12.5 Å². The van der Waals surface area contributed by atoms with Crippen molar-refractivity contribution < 1.29 is 19.1 Å². The first-order valence-corrected chi connectivity index (χ1v) is 9.99. The third-order valence-electron chi connectivity index (χ3n) is 6.73. The SMILES string of the molecule is COC1CC(N(C)C(=O)Nc2cccc(N3C(=O)CCCC3=O)c2)C12CCC2. The van der Waals surface area contributed by atoms with Gasteiger partial charge in [-0.15, -0.1) is 0 Å². The maximum Gasteiger partial charge on any atom is 0.321 e. The quantitative estimate of drug-likeness (QED) is 0.808. The summed E-state index contributed by atoms with van der Waals surface area (Å²) in [5, 5.41) is 2.92. The van der Waals surface area contributed by atoms with Crippen molar-refractivity contribution in [1.29, 1.82) is 0 Å². The van der Waals surface area contributed by atoms with Crippen LogP contribution >= 0.6 is 0 Å². The Bertz CT molecular complexity index is 789. The summed E-state index contributed by atoms with van der Waals surface area (Å²) in [5.41, 5.74) is 1.19. The summed E-state index contributed by atoms with van der Waals surface area (Å²) in [6.07, 6.45) is 5.82. The lowest BCUT2D eigenvalue weighted by Gasteiger charge is -2.62. The highest BCUT2D eigenvalue weighted by molar-refractivity contribution is 6.16. The van der Waals surface area contributed by atoms with E-state index in [0.29, 0.717) is 30.6 Å². The maximum atomic E-state index is 12.8. The predicted molar refractivity (Wildman–Crippen MR) is 105 cm³/mol. The minimum absolute atomic E-state index is 0.106. The van der Waals surface area contributed by atoms with E-state index < -0.39 is 0 Å². The van der Waals surface area contributed by atoms with Gasteiger partial charge in [0.2, 0.25) is 11.8 Å². The topological polar surface area (TPSA) is 79.0 Å². The Hall–Kier alpha value is -2.41. The number of nitrogens with one attached hydrogen (secondary N) is 1. The summed E-state index contributed by atoms with van der Waals surface area (Å²) in [6.45, 7) is 0. The molecule has 4 amide bonds. The number of carbonyl (C=O) groups is 3. The summed E-state index contributed by atoms with van der Waals surface area (Å²) < 4.78 is 5.60. The van der Waals surface area contributed by atoms with Crippen LogP contribution in [0.15, 0.2) is 24.3 Å². The fourth-order valence-corrected chi connectivity index (χ4v) is 4.96. The Morgan fingerprint density at radius 1 is 1.21 bits per heavy atom. The number of benzene rings is 1. The molecule has 1 spiro atoms. The largest absolute Gasteiger partial charge is 0.381 e. The second-order valence-electron chi connectivity index (χ2n) is 8.13. The van der Waals surface area contributed by atoms with E-state index in [1.54, 1.807) is 36.3 Å². The Labute approximate surface area is 165 Å². The number of ether oxygens (including phenoxy) is 1. The summed E-state index contributed by atoms with van der Waals surface area (Å²) in [7, 11) is 3.57. The minimum atomic E-state index is -0.191. The average Bonchev–Trinajstić information content (AvgIpc) is 2.60. The smallest absolute Gasteiger partial charge is 0.321 e. The average molecular weight is 385 g/mol. The molecule has 0 aromatic heterocycles. The molecular formula is C21H27N3O4. The predicted octanol–water partition coefficient (Wildman–Crippen LogP) is 3.15. The molecule has 0 radical (unpaired) electrons. The molecule has 1 aromatic rings. The highest BCUT2D eigenvalue weighted by atomic mass is 16.5. The van der Waals surface area contributed by atoms with Gasteiger partial charge in [0.15, 0.2) is 0 Å². The van der Waals surface area contributed by atoms with Crippen molar-refractivity contribution in [2.75, 3.05) is 24.4 Å². The molecule has 7 nitrogen and oxygen atoms in total. The van der Waals surface area contributed by atoms with Crippen molar-refractivity contribution in [2.24, 2.45) is 5.41 Å².